The number of thiocarbonyl (C=S) groups is 1. The monoisotopic (exact) mass is 205 g/mol. The third kappa shape index (κ3) is 0.901. The molecular formula is C5H3NO2S3. The smallest absolute Gasteiger partial charge is 0.268 e. The van der Waals surface area contributed by atoms with Crippen molar-refractivity contribution >= 4 is 38.6 Å². The van der Waals surface area contributed by atoms with Gasteiger partial charge in [0.25, 0.3) is 10.0 Å². The van der Waals surface area contributed by atoms with Crippen molar-refractivity contribution < 1.29 is 8.42 Å². The summed E-state index contributed by atoms with van der Waals surface area (Å²) in [6.45, 7) is 0. The third-order valence-electron chi connectivity index (χ3n) is 1.35. The number of hydrogen-bond acceptors (Lipinski definition) is 4. The van der Waals surface area contributed by atoms with Crippen LogP contribution in [0.1, 0.15) is 5.56 Å². The molecule has 0 radical (unpaired) electrons. The van der Waals surface area contributed by atoms with Crippen LogP contribution < -0.4 is 4.72 Å². The maximum Gasteiger partial charge on any atom is 0.272 e. The van der Waals surface area contributed by atoms with Crippen LogP contribution in [-0.2, 0) is 10.0 Å². The Morgan fingerprint density at radius 3 is 2.91 bits per heavy atom. The van der Waals surface area contributed by atoms with Gasteiger partial charge in [-0.25, -0.2) is 8.42 Å². The van der Waals surface area contributed by atoms with E-state index in [1.165, 1.54) is 11.3 Å². The molecule has 0 amide bonds. The Balaban J connectivity index is 2.83. The molecule has 0 aromatic carbocycles. The first-order valence-electron chi connectivity index (χ1n) is 2.76. The van der Waals surface area contributed by atoms with Crippen molar-refractivity contribution in [2.75, 3.05) is 0 Å². The summed E-state index contributed by atoms with van der Waals surface area (Å²) in [5, 5.41) is 1.72. The van der Waals surface area contributed by atoms with E-state index in [1.54, 1.807) is 11.4 Å². The van der Waals surface area contributed by atoms with Crippen LogP contribution in [0.5, 0.6) is 0 Å². The summed E-state index contributed by atoms with van der Waals surface area (Å²) in [5.41, 5.74) is 0.630. The lowest BCUT2D eigenvalue weighted by molar-refractivity contribution is 0.597. The minimum absolute atomic E-state index is 0.307. The van der Waals surface area contributed by atoms with Crippen molar-refractivity contribution in [3.05, 3.63) is 17.0 Å². The van der Waals surface area contributed by atoms with E-state index in [-0.39, 0.29) is 0 Å². The maximum absolute atomic E-state index is 11.1. The summed E-state index contributed by atoms with van der Waals surface area (Å²) >= 11 is 5.98. The van der Waals surface area contributed by atoms with Crippen LogP contribution in [0, 0.1) is 0 Å². The van der Waals surface area contributed by atoms with E-state index < -0.39 is 10.0 Å². The average molecular weight is 205 g/mol. The number of nitrogens with one attached hydrogen (secondary N) is 1. The number of fused-ring (bicyclic) bond motifs is 1. The van der Waals surface area contributed by atoms with E-state index in [9.17, 15) is 8.42 Å². The second kappa shape index (κ2) is 2.02. The lowest BCUT2D eigenvalue weighted by Gasteiger charge is -1.91. The quantitative estimate of drug-likeness (QED) is 0.635. The summed E-state index contributed by atoms with van der Waals surface area (Å²) in [4.78, 5) is 0.307. The molecule has 1 aliphatic rings. The largest absolute Gasteiger partial charge is 0.272 e. The van der Waals surface area contributed by atoms with Gasteiger partial charge in [0.05, 0.1) is 0 Å². The standard InChI is InChI=1S/C5H3NO2S3/c7-11(8)5-3(1-2-10-5)4(9)6-11/h1-2H,(H,6,9). The van der Waals surface area contributed by atoms with E-state index in [1.807, 2.05) is 0 Å². The topological polar surface area (TPSA) is 46.2 Å². The zero-order valence-electron chi connectivity index (χ0n) is 5.20. The first-order valence-corrected chi connectivity index (χ1v) is 5.53. The Morgan fingerprint density at radius 2 is 2.27 bits per heavy atom. The lowest BCUT2D eigenvalue weighted by Crippen LogP contribution is -2.19. The summed E-state index contributed by atoms with van der Waals surface area (Å²) in [7, 11) is -3.28. The van der Waals surface area contributed by atoms with Crippen LogP contribution >= 0.6 is 23.6 Å². The molecular weight excluding hydrogens is 202 g/mol. The first kappa shape index (κ1) is 7.20. The highest BCUT2D eigenvalue weighted by Crippen LogP contribution is 2.27. The molecule has 0 fully saturated rings. The second-order valence-electron chi connectivity index (χ2n) is 2.06. The molecule has 2 heterocycles. The molecule has 0 saturated carbocycles. The fraction of sp³-hybridized carbons (Fsp3) is 0. The van der Waals surface area contributed by atoms with Crippen molar-refractivity contribution in [1.82, 2.24) is 4.72 Å². The molecule has 2 rings (SSSR count). The van der Waals surface area contributed by atoms with Crippen molar-refractivity contribution in [2.45, 2.75) is 4.21 Å². The highest BCUT2D eigenvalue weighted by molar-refractivity contribution is 7.95. The van der Waals surface area contributed by atoms with Gasteiger partial charge in [0, 0.05) is 5.56 Å². The van der Waals surface area contributed by atoms with Crippen molar-refractivity contribution in [3.63, 3.8) is 0 Å². The average Bonchev–Trinajstić information content (AvgIpc) is 2.37. The number of thiophene rings is 1. The lowest BCUT2D eigenvalue weighted by atomic mass is 10.3. The van der Waals surface area contributed by atoms with Gasteiger partial charge in [-0.2, -0.15) is 0 Å². The van der Waals surface area contributed by atoms with Gasteiger partial charge in [0.15, 0.2) is 4.21 Å². The van der Waals surface area contributed by atoms with Crippen molar-refractivity contribution in [2.24, 2.45) is 0 Å². The van der Waals surface area contributed by atoms with Crippen LogP contribution in [0.15, 0.2) is 15.7 Å². The van der Waals surface area contributed by atoms with Gasteiger partial charge in [0.1, 0.15) is 4.99 Å². The Labute approximate surface area is 73.1 Å². The Kier molecular flexibility index (Phi) is 1.33. The van der Waals surface area contributed by atoms with Crippen LogP contribution in [0.4, 0.5) is 0 Å². The van der Waals surface area contributed by atoms with Crippen molar-refractivity contribution in [1.29, 1.82) is 0 Å². The van der Waals surface area contributed by atoms with Gasteiger partial charge in [0.2, 0.25) is 0 Å². The predicted octanol–water partition coefficient (Wildman–Crippen LogP) is 0.716. The summed E-state index contributed by atoms with van der Waals surface area (Å²) in [5.74, 6) is 0. The van der Waals surface area contributed by atoms with E-state index in [4.69, 9.17) is 12.2 Å². The van der Waals surface area contributed by atoms with Crippen LogP contribution in [0.3, 0.4) is 0 Å². The third-order valence-corrected chi connectivity index (χ3v) is 4.63. The zero-order valence-corrected chi connectivity index (χ0v) is 7.65. The molecule has 1 aromatic heterocycles. The fourth-order valence-electron chi connectivity index (χ4n) is 0.895. The van der Waals surface area contributed by atoms with Crippen LogP contribution in [0.2, 0.25) is 0 Å². The van der Waals surface area contributed by atoms with E-state index in [2.05, 4.69) is 4.72 Å². The normalized spacial score (nSPS) is 19.5. The molecule has 58 valence electrons. The number of hydrogen-bond donors (Lipinski definition) is 1. The molecule has 0 bridgehead atoms. The molecule has 1 N–H and O–H groups in total. The van der Waals surface area contributed by atoms with Crippen molar-refractivity contribution in [3.8, 4) is 0 Å². The van der Waals surface area contributed by atoms with E-state index in [0.717, 1.165) is 0 Å². The summed E-state index contributed by atoms with van der Waals surface area (Å²) < 4.78 is 24.9. The molecule has 1 aromatic rings. The molecule has 1 aliphatic heterocycles. The maximum atomic E-state index is 11.1. The molecule has 0 spiro atoms. The van der Waals surface area contributed by atoms with Gasteiger partial charge in [-0.1, -0.05) is 12.2 Å². The van der Waals surface area contributed by atoms with E-state index in [0.29, 0.717) is 14.8 Å². The first-order chi connectivity index (χ1) is 5.11. The molecule has 0 unspecified atom stereocenters. The van der Waals surface area contributed by atoms with Gasteiger partial charge >= 0.3 is 0 Å². The fourth-order valence-corrected chi connectivity index (χ4v) is 3.85. The predicted molar refractivity (Wildman–Crippen MR) is 46.3 cm³/mol. The molecule has 6 heteroatoms. The second-order valence-corrected chi connectivity index (χ2v) is 5.26. The molecule has 0 atom stereocenters. The summed E-state index contributed by atoms with van der Waals surface area (Å²) in [6, 6.07) is 1.71. The van der Waals surface area contributed by atoms with Gasteiger partial charge < -0.3 is 0 Å². The number of rotatable bonds is 0. The number of sulfonamides is 1. The van der Waals surface area contributed by atoms with Crippen LogP contribution in [-0.4, -0.2) is 13.4 Å². The molecule has 0 saturated heterocycles. The van der Waals surface area contributed by atoms with E-state index >= 15 is 0 Å². The zero-order chi connectivity index (χ0) is 8.06. The SMILES string of the molecule is O=S1(=O)NC(=S)c2ccsc21. The Hall–Kier alpha value is -0.460. The Morgan fingerprint density at radius 1 is 1.55 bits per heavy atom. The molecule has 11 heavy (non-hydrogen) atoms. The molecule has 3 nitrogen and oxygen atoms in total. The summed E-state index contributed by atoms with van der Waals surface area (Å²) in [6.07, 6.45) is 0. The van der Waals surface area contributed by atoms with Crippen LogP contribution in [0.25, 0.3) is 0 Å². The highest BCUT2D eigenvalue weighted by Gasteiger charge is 2.30. The van der Waals surface area contributed by atoms with Gasteiger partial charge in [-0.3, -0.25) is 4.72 Å². The highest BCUT2D eigenvalue weighted by atomic mass is 32.2. The molecule has 0 aliphatic carbocycles. The minimum atomic E-state index is -3.28. The van der Waals surface area contributed by atoms with Gasteiger partial charge in [-0.15, -0.1) is 11.3 Å². The minimum Gasteiger partial charge on any atom is -0.268 e. The Bertz CT molecular complexity index is 417. The van der Waals surface area contributed by atoms with Gasteiger partial charge in [-0.05, 0) is 11.4 Å².